The van der Waals surface area contributed by atoms with Gasteiger partial charge in [-0.25, -0.2) is 9.18 Å². The van der Waals surface area contributed by atoms with Gasteiger partial charge in [0.2, 0.25) is 5.60 Å². The third kappa shape index (κ3) is 2.70. The van der Waals surface area contributed by atoms with Gasteiger partial charge in [-0.2, -0.15) is 13.2 Å². The summed E-state index contributed by atoms with van der Waals surface area (Å²) in [5.74, 6) is -3.01. The van der Waals surface area contributed by atoms with Gasteiger partial charge in [0.05, 0.1) is 6.54 Å². The summed E-state index contributed by atoms with van der Waals surface area (Å²) in [4.78, 5) is 23.7. The monoisotopic (exact) mass is 313 g/mol. The quantitative estimate of drug-likeness (QED) is 0.785. The molecule has 2 aliphatic rings. The second-order valence-electron chi connectivity index (χ2n) is 5.27. The summed E-state index contributed by atoms with van der Waals surface area (Å²) in [5, 5.41) is 8.95. The molecule has 2 fully saturated rings. The Balaban J connectivity index is 2.32. The van der Waals surface area contributed by atoms with E-state index in [0.29, 0.717) is 11.3 Å². The molecule has 0 aromatic carbocycles. The van der Waals surface area contributed by atoms with Gasteiger partial charge in [-0.3, -0.25) is 4.79 Å². The van der Waals surface area contributed by atoms with Crippen molar-refractivity contribution in [1.29, 1.82) is 0 Å². The molecule has 0 aromatic heterocycles. The molecule has 1 N–H and O–H groups in total. The van der Waals surface area contributed by atoms with Crippen LogP contribution in [0.1, 0.15) is 25.7 Å². The molecule has 1 amide bonds. The number of likely N-dealkylation sites (tertiary alicyclic amines) is 1. The molecule has 5 nitrogen and oxygen atoms in total. The number of halogens is 4. The van der Waals surface area contributed by atoms with Crippen LogP contribution < -0.4 is 0 Å². The van der Waals surface area contributed by atoms with Crippen molar-refractivity contribution in [3.05, 3.63) is 0 Å². The van der Waals surface area contributed by atoms with E-state index in [-0.39, 0.29) is 13.0 Å². The summed E-state index contributed by atoms with van der Waals surface area (Å²) in [6, 6.07) is -1.59. The van der Waals surface area contributed by atoms with E-state index in [1.165, 1.54) is 0 Å². The molecule has 0 unspecified atom stereocenters. The number of hydrogen-bond acceptors (Lipinski definition) is 3. The fourth-order valence-electron chi connectivity index (χ4n) is 2.78. The highest BCUT2D eigenvalue weighted by Gasteiger charge is 2.64. The summed E-state index contributed by atoms with van der Waals surface area (Å²) in [6.45, 7) is -0.896. The zero-order valence-electron chi connectivity index (χ0n) is 11.0. The molecule has 0 radical (unpaired) electrons. The van der Waals surface area contributed by atoms with E-state index in [9.17, 15) is 27.2 Å². The Labute approximate surface area is 117 Å². The van der Waals surface area contributed by atoms with Crippen molar-refractivity contribution in [1.82, 2.24) is 4.90 Å². The first kappa shape index (κ1) is 16.0. The number of hydrogen-bond donors (Lipinski definition) is 1. The standard InChI is InChI=1S/C12H15F4NO4/c13-7-5-8(9(18)19)17(6-7)10(20)11(12(14,15)16)3-1-2-4-21-11/h7-8H,1-6H2,(H,18,19)/t7-,8+,11+/m1/s1. The average Bonchev–Trinajstić information content (AvgIpc) is 2.79. The van der Waals surface area contributed by atoms with Crippen molar-refractivity contribution < 1.29 is 37.0 Å². The number of alkyl halides is 4. The molecule has 21 heavy (non-hydrogen) atoms. The van der Waals surface area contributed by atoms with Gasteiger partial charge in [-0.15, -0.1) is 0 Å². The molecule has 0 saturated carbocycles. The predicted molar refractivity (Wildman–Crippen MR) is 61.2 cm³/mol. The number of carboxylic acids is 1. The number of aliphatic carboxylic acids is 1. The normalized spacial score (nSPS) is 34.0. The maximum Gasteiger partial charge on any atom is 0.426 e. The Morgan fingerprint density at radius 2 is 1.95 bits per heavy atom. The number of rotatable bonds is 2. The van der Waals surface area contributed by atoms with Crippen LogP contribution in [0.15, 0.2) is 0 Å². The number of amides is 1. The first-order chi connectivity index (χ1) is 9.69. The smallest absolute Gasteiger partial charge is 0.426 e. The lowest BCUT2D eigenvalue weighted by atomic mass is 9.91. The molecule has 2 saturated heterocycles. The van der Waals surface area contributed by atoms with Gasteiger partial charge >= 0.3 is 12.1 Å². The predicted octanol–water partition coefficient (Wildman–Crippen LogP) is 1.51. The van der Waals surface area contributed by atoms with Crippen LogP contribution in [0, 0.1) is 0 Å². The van der Waals surface area contributed by atoms with Crippen molar-refractivity contribution in [2.75, 3.05) is 13.2 Å². The largest absolute Gasteiger partial charge is 0.480 e. The number of nitrogens with zero attached hydrogens (tertiary/aromatic N) is 1. The molecule has 2 heterocycles. The van der Waals surface area contributed by atoms with Gasteiger partial charge in [0.1, 0.15) is 12.2 Å². The van der Waals surface area contributed by atoms with Crippen molar-refractivity contribution >= 4 is 11.9 Å². The Kier molecular flexibility index (Phi) is 4.14. The Morgan fingerprint density at radius 3 is 2.43 bits per heavy atom. The minimum Gasteiger partial charge on any atom is -0.480 e. The molecule has 2 aliphatic heterocycles. The van der Waals surface area contributed by atoms with Gasteiger partial charge in [0.25, 0.3) is 5.91 Å². The molecular weight excluding hydrogens is 298 g/mol. The van der Waals surface area contributed by atoms with Crippen LogP contribution in [0.2, 0.25) is 0 Å². The van der Waals surface area contributed by atoms with Gasteiger partial charge < -0.3 is 14.7 Å². The highest BCUT2D eigenvalue weighted by molar-refractivity contribution is 5.91. The lowest BCUT2D eigenvalue weighted by Crippen LogP contribution is -2.62. The van der Waals surface area contributed by atoms with Gasteiger partial charge in [0.15, 0.2) is 0 Å². The number of carbonyl (C=O) groups excluding carboxylic acids is 1. The molecule has 0 bridgehead atoms. The van der Waals surface area contributed by atoms with Crippen molar-refractivity contribution in [3.63, 3.8) is 0 Å². The van der Waals surface area contributed by atoms with Crippen molar-refractivity contribution in [2.24, 2.45) is 0 Å². The topological polar surface area (TPSA) is 66.8 Å². The lowest BCUT2D eigenvalue weighted by Gasteiger charge is -2.40. The molecule has 9 heteroatoms. The minimum atomic E-state index is -4.97. The average molecular weight is 313 g/mol. The van der Waals surface area contributed by atoms with Crippen molar-refractivity contribution in [2.45, 2.75) is 49.7 Å². The Bertz CT molecular complexity index is 433. The maximum absolute atomic E-state index is 13.4. The highest BCUT2D eigenvalue weighted by Crippen LogP contribution is 2.43. The van der Waals surface area contributed by atoms with Crippen LogP contribution in [0.4, 0.5) is 17.6 Å². The van der Waals surface area contributed by atoms with E-state index in [4.69, 9.17) is 9.84 Å². The molecule has 0 aromatic rings. The minimum absolute atomic E-state index is 0.135. The van der Waals surface area contributed by atoms with Gasteiger partial charge in [0, 0.05) is 13.0 Å². The van der Waals surface area contributed by atoms with Crippen LogP contribution in [-0.4, -0.2) is 59.0 Å². The molecule has 3 atom stereocenters. The summed E-state index contributed by atoms with van der Waals surface area (Å²) in [6.07, 6.45) is -7.18. The Hall–Kier alpha value is -1.38. The molecular formula is C12H15F4NO4. The van der Waals surface area contributed by atoms with E-state index in [2.05, 4.69) is 0 Å². The van der Waals surface area contributed by atoms with Gasteiger partial charge in [-0.1, -0.05) is 0 Å². The number of ether oxygens (including phenoxy) is 1. The number of carbonyl (C=O) groups is 2. The fourth-order valence-corrected chi connectivity index (χ4v) is 2.78. The van der Waals surface area contributed by atoms with E-state index < -0.39 is 55.3 Å². The Morgan fingerprint density at radius 1 is 1.29 bits per heavy atom. The number of carboxylic acid groups (broad SMARTS) is 1. The van der Waals surface area contributed by atoms with E-state index in [0.717, 1.165) is 0 Å². The fraction of sp³-hybridized carbons (Fsp3) is 0.833. The third-order valence-corrected chi connectivity index (χ3v) is 3.87. The summed E-state index contributed by atoms with van der Waals surface area (Å²) in [7, 11) is 0. The molecule has 2 rings (SSSR count). The molecule has 0 spiro atoms. The first-order valence-corrected chi connectivity index (χ1v) is 6.57. The van der Waals surface area contributed by atoms with Gasteiger partial charge in [-0.05, 0) is 19.3 Å². The van der Waals surface area contributed by atoms with Crippen molar-refractivity contribution in [3.8, 4) is 0 Å². The first-order valence-electron chi connectivity index (χ1n) is 6.57. The van der Waals surface area contributed by atoms with Crippen LogP contribution in [0.25, 0.3) is 0 Å². The van der Waals surface area contributed by atoms with Crippen LogP contribution >= 0.6 is 0 Å². The van der Waals surface area contributed by atoms with Crippen LogP contribution in [0.3, 0.4) is 0 Å². The third-order valence-electron chi connectivity index (χ3n) is 3.87. The van der Waals surface area contributed by atoms with E-state index >= 15 is 0 Å². The summed E-state index contributed by atoms with van der Waals surface area (Å²) in [5.41, 5.74) is -3.05. The zero-order valence-corrected chi connectivity index (χ0v) is 11.0. The summed E-state index contributed by atoms with van der Waals surface area (Å²) >= 11 is 0. The summed E-state index contributed by atoms with van der Waals surface area (Å²) < 4.78 is 58.0. The van der Waals surface area contributed by atoms with Crippen LogP contribution in [0.5, 0.6) is 0 Å². The zero-order chi connectivity index (χ0) is 15.8. The maximum atomic E-state index is 13.4. The highest BCUT2D eigenvalue weighted by atomic mass is 19.4. The van der Waals surface area contributed by atoms with Crippen LogP contribution in [-0.2, 0) is 14.3 Å². The van der Waals surface area contributed by atoms with E-state index in [1.54, 1.807) is 0 Å². The lowest BCUT2D eigenvalue weighted by molar-refractivity contribution is -0.281. The van der Waals surface area contributed by atoms with E-state index in [1.807, 2.05) is 0 Å². The molecule has 120 valence electrons. The second kappa shape index (κ2) is 5.43. The molecule has 0 aliphatic carbocycles. The SMILES string of the molecule is O=C(O)[C@@H]1C[C@@H](F)CN1C(=O)[C@]1(C(F)(F)F)CCCCO1. The second-order valence-corrected chi connectivity index (χ2v) is 5.27.